The lowest BCUT2D eigenvalue weighted by atomic mass is 9.88. The first kappa shape index (κ1) is 22.5. The Bertz CT molecular complexity index is 1200. The summed E-state index contributed by atoms with van der Waals surface area (Å²) >= 11 is 3.57. The molecule has 0 unspecified atom stereocenters. The maximum Gasteiger partial charge on any atom is 0.282 e. The topological polar surface area (TPSA) is 65.7 Å². The Morgan fingerprint density at radius 2 is 1.94 bits per heavy atom. The van der Waals surface area contributed by atoms with Crippen LogP contribution in [0.15, 0.2) is 50.8 Å². The zero-order chi connectivity index (χ0) is 22.7. The highest BCUT2D eigenvalue weighted by molar-refractivity contribution is 9.10. The van der Waals surface area contributed by atoms with Crippen LogP contribution in [0.25, 0.3) is 10.9 Å². The third-order valence-corrected chi connectivity index (χ3v) is 6.27. The van der Waals surface area contributed by atoms with Crippen LogP contribution in [0.2, 0.25) is 0 Å². The Labute approximate surface area is 196 Å². The molecule has 4 rings (SSSR count). The summed E-state index contributed by atoms with van der Waals surface area (Å²) in [6.07, 6.45) is 7.28. The van der Waals surface area contributed by atoms with Crippen molar-refractivity contribution < 1.29 is 9.47 Å². The van der Waals surface area contributed by atoms with Crippen molar-refractivity contribution >= 4 is 33.0 Å². The molecule has 3 aromatic rings. The molecule has 1 fully saturated rings. The van der Waals surface area contributed by atoms with Crippen LogP contribution in [0, 0.1) is 0 Å². The summed E-state index contributed by atoms with van der Waals surface area (Å²) in [5.41, 5.74) is 1.38. The van der Waals surface area contributed by atoms with E-state index in [-0.39, 0.29) is 17.6 Å². The molecule has 168 valence electrons. The van der Waals surface area contributed by atoms with Crippen molar-refractivity contribution in [1.82, 2.24) is 9.66 Å². The Kier molecular flexibility index (Phi) is 6.94. The van der Waals surface area contributed by atoms with E-state index in [2.05, 4.69) is 21.0 Å². The van der Waals surface area contributed by atoms with Crippen molar-refractivity contribution in [3.63, 3.8) is 0 Å². The quantitative estimate of drug-likeness (QED) is 0.398. The minimum atomic E-state index is -0.141. The summed E-state index contributed by atoms with van der Waals surface area (Å²) in [4.78, 5) is 18.2. The average Bonchev–Trinajstić information content (AvgIpc) is 2.80. The van der Waals surface area contributed by atoms with Gasteiger partial charge in [-0.1, -0.05) is 31.4 Å². The number of aromatic nitrogens is 2. The Morgan fingerprint density at radius 3 is 2.66 bits per heavy atom. The van der Waals surface area contributed by atoms with Crippen molar-refractivity contribution in [2.24, 2.45) is 5.10 Å². The second-order valence-corrected chi connectivity index (χ2v) is 9.24. The first-order valence-corrected chi connectivity index (χ1v) is 11.9. The molecule has 1 aliphatic rings. The fourth-order valence-electron chi connectivity index (χ4n) is 4.17. The first-order chi connectivity index (χ1) is 15.5. The minimum Gasteiger partial charge on any atom is -0.493 e. The van der Waals surface area contributed by atoms with Gasteiger partial charge in [0.15, 0.2) is 11.5 Å². The molecule has 32 heavy (non-hydrogen) atoms. The van der Waals surface area contributed by atoms with Crippen molar-refractivity contribution in [2.45, 2.75) is 58.0 Å². The van der Waals surface area contributed by atoms with Crippen molar-refractivity contribution in [3.8, 4) is 11.5 Å². The number of hydrogen-bond donors (Lipinski definition) is 0. The Hall–Kier alpha value is -2.67. The molecule has 7 heteroatoms. The van der Waals surface area contributed by atoms with E-state index in [1.807, 2.05) is 44.2 Å². The van der Waals surface area contributed by atoms with Crippen LogP contribution >= 0.6 is 15.9 Å². The molecule has 2 aromatic carbocycles. The van der Waals surface area contributed by atoms with Gasteiger partial charge in [0.05, 0.1) is 34.8 Å². The molecule has 6 nitrogen and oxygen atoms in total. The molecule has 1 heterocycles. The molecule has 0 atom stereocenters. The van der Waals surface area contributed by atoms with Gasteiger partial charge < -0.3 is 9.47 Å². The maximum atomic E-state index is 13.3. The van der Waals surface area contributed by atoms with Gasteiger partial charge in [-0.15, -0.1) is 0 Å². The fourth-order valence-corrected chi connectivity index (χ4v) is 4.72. The summed E-state index contributed by atoms with van der Waals surface area (Å²) in [6, 6.07) is 11.2. The van der Waals surface area contributed by atoms with Crippen molar-refractivity contribution in [2.75, 3.05) is 7.11 Å². The molecule has 0 bridgehead atoms. The molecule has 0 N–H and O–H groups in total. The van der Waals surface area contributed by atoms with Gasteiger partial charge in [0.2, 0.25) is 0 Å². The molecule has 0 aliphatic heterocycles. The molecule has 1 aromatic heterocycles. The van der Waals surface area contributed by atoms with E-state index < -0.39 is 0 Å². The van der Waals surface area contributed by atoms with E-state index in [4.69, 9.17) is 14.5 Å². The summed E-state index contributed by atoms with van der Waals surface area (Å²) < 4.78 is 13.6. The summed E-state index contributed by atoms with van der Waals surface area (Å²) in [5, 5.41) is 5.18. The third-order valence-electron chi connectivity index (χ3n) is 5.68. The predicted octanol–water partition coefficient (Wildman–Crippen LogP) is 5.88. The second-order valence-electron chi connectivity index (χ2n) is 8.38. The van der Waals surface area contributed by atoms with Gasteiger partial charge >= 0.3 is 0 Å². The number of halogens is 1. The van der Waals surface area contributed by atoms with E-state index in [1.54, 1.807) is 19.4 Å². The van der Waals surface area contributed by atoms with Crippen LogP contribution in [0.4, 0.5) is 0 Å². The van der Waals surface area contributed by atoms with E-state index in [0.29, 0.717) is 16.9 Å². The van der Waals surface area contributed by atoms with E-state index in [9.17, 15) is 4.79 Å². The number of ether oxygens (including phenoxy) is 2. The van der Waals surface area contributed by atoms with Crippen molar-refractivity contribution in [3.05, 3.63) is 62.6 Å². The monoisotopic (exact) mass is 497 g/mol. The molecule has 1 saturated carbocycles. The number of para-hydroxylation sites is 1. The van der Waals surface area contributed by atoms with Gasteiger partial charge in [-0.25, -0.2) is 4.98 Å². The van der Waals surface area contributed by atoms with Gasteiger partial charge in [-0.05, 0) is 72.4 Å². The summed E-state index contributed by atoms with van der Waals surface area (Å²) in [6.45, 7) is 3.93. The number of methoxy groups -OCH3 is 1. The number of fused-ring (bicyclic) bond motifs is 1. The maximum absolute atomic E-state index is 13.3. The fraction of sp³-hybridized carbons (Fsp3) is 0.400. The van der Waals surface area contributed by atoms with Crippen LogP contribution in [-0.2, 0) is 0 Å². The molecule has 1 aliphatic carbocycles. The normalized spacial score (nSPS) is 15.0. The summed E-state index contributed by atoms with van der Waals surface area (Å²) in [7, 11) is 1.61. The molecule has 0 amide bonds. The zero-order valence-corrected chi connectivity index (χ0v) is 20.3. The van der Waals surface area contributed by atoms with Gasteiger partial charge in [0, 0.05) is 5.92 Å². The SMILES string of the molecule is COc1cc(C=Nn2c(C3CCCCC3)nc3ccccc3c2=O)cc(Br)c1OC(C)C. The lowest BCUT2D eigenvalue weighted by Crippen LogP contribution is -2.25. The highest BCUT2D eigenvalue weighted by atomic mass is 79.9. The number of hydrogen-bond acceptors (Lipinski definition) is 5. The lowest BCUT2D eigenvalue weighted by molar-refractivity contribution is 0.228. The summed E-state index contributed by atoms with van der Waals surface area (Å²) in [5.74, 6) is 2.23. The van der Waals surface area contributed by atoms with Gasteiger partial charge in [-0.2, -0.15) is 9.78 Å². The smallest absolute Gasteiger partial charge is 0.282 e. The van der Waals surface area contributed by atoms with Gasteiger partial charge in [0.1, 0.15) is 5.82 Å². The lowest BCUT2D eigenvalue weighted by Gasteiger charge is -2.22. The molecule has 0 saturated heterocycles. The van der Waals surface area contributed by atoms with Gasteiger partial charge in [-0.3, -0.25) is 4.79 Å². The second kappa shape index (κ2) is 9.86. The van der Waals surface area contributed by atoms with Crippen LogP contribution in [0.1, 0.15) is 63.3 Å². The molecular weight excluding hydrogens is 470 g/mol. The Balaban J connectivity index is 1.79. The standard InChI is InChI=1S/C25H28BrN3O3/c1-16(2)32-23-20(26)13-17(14-22(23)31-3)15-27-29-24(18-9-5-4-6-10-18)28-21-12-8-7-11-19(21)25(29)30/h7-8,11-16,18H,4-6,9-10H2,1-3H3. The van der Waals surface area contributed by atoms with Crippen molar-refractivity contribution in [1.29, 1.82) is 0 Å². The largest absolute Gasteiger partial charge is 0.493 e. The van der Waals surface area contributed by atoms with Crippen LogP contribution in [0.5, 0.6) is 11.5 Å². The first-order valence-electron chi connectivity index (χ1n) is 11.1. The Morgan fingerprint density at radius 1 is 1.19 bits per heavy atom. The highest BCUT2D eigenvalue weighted by Crippen LogP contribution is 2.37. The van der Waals surface area contributed by atoms with E-state index >= 15 is 0 Å². The number of nitrogens with zero attached hydrogens (tertiary/aromatic N) is 3. The average molecular weight is 498 g/mol. The van der Waals surface area contributed by atoms with E-state index in [0.717, 1.165) is 47.1 Å². The molecule has 0 spiro atoms. The third kappa shape index (κ3) is 4.72. The number of benzene rings is 2. The zero-order valence-electron chi connectivity index (χ0n) is 18.7. The highest BCUT2D eigenvalue weighted by Gasteiger charge is 2.22. The molecular formula is C25H28BrN3O3. The van der Waals surface area contributed by atoms with Crippen LogP contribution < -0.4 is 15.0 Å². The molecule has 0 radical (unpaired) electrons. The number of rotatable bonds is 6. The van der Waals surface area contributed by atoms with Crippen LogP contribution in [-0.4, -0.2) is 29.1 Å². The van der Waals surface area contributed by atoms with Crippen LogP contribution in [0.3, 0.4) is 0 Å². The predicted molar refractivity (Wildman–Crippen MR) is 131 cm³/mol. The van der Waals surface area contributed by atoms with Gasteiger partial charge in [0.25, 0.3) is 5.56 Å². The van der Waals surface area contributed by atoms with E-state index in [1.165, 1.54) is 11.1 Å². The minimum absolute atomic E-state index is 0.0139.